The molecule has 0 fully saturated rings. The second kappa shape index (κ2) is 10.5. The first-order chi connectivity index (χ1) is 19.5. The molecule has 0 aliphatic heterocycles. The van der Waals surface area contributed by atoms with Crippen LogP contribution in [0.3, 0.4) is 0 Å². The Morgan fingerprint density at radius 3 is 0.810 bits per heavy atom. The minimum atomic E-state index is -2.21. The maximum atomic E-state index is 10.7. The van der Waals surface area contributed by atoms with Crippen LogP contribution in [0.5, 0.6) is 0 Å². The molecule has 5 aromatic carbocycles. The van der Waals surface area contributed by atoms with Crippen molar-refractivity contribution in [2.24, 2.45) is 0 Å². The normalized spacial score (nSPS) is 11.6. The van der Waals surface area contributed by atoms with E-state index in [0.717, 1.165) is 0 Å². The van der Waals surface area contributed by atoms with Crippen LogP contribution in [-0.4, -0.2) is 135 Å². The van der Waals surface area contributed by atoms with Crippen molar-refractivity contribution in [3.63, 3.8) is 0 Å². The molecule has 0 aliphatic rings. The molecule has 0 spiro atoms. The molecule has 2 N–H and O–H groups in total. The quantitative estimate of drug-likeness (QED) is 0.189. The fourth-order valence-corrected chi connectivity index (χ4v) is 5.67. The minimum Gasteiger partial charge on any atom is -0.423 e. The van der Waals surface area contributed by atoms with Gasteiger partial charge in [0.25, 0.3) is 0 Å². The fraction of sp³-hybridized carbons (Fsp3) is 0. The third-order valence-corrected chi connectivity index (χ3v) is 7.89. The fourth-order valence-electron chi connectivity index (χ4n) is 5.67. The van der Waals surface area contributed by atoms with Gasteiger partial charge in [-0.25, -0.2) is 0 Å². The van der Waals surface area contributed by atoms with Gasteiger partial charge in [-0.2, -0.15) is 0 Å². The molecule has 5 rings (SSSR count). The third kappa shape index (κ3) is 3.96. The van der Waals surface area contributed by atoms with Crippen molar-refractivity contribution in [2.75, 3.05) is 0 Å². The Hall–Kier alpha value is -2.16. The molecular weight excluding hydrogens is 493 g/mol. The smallest absolute Gasteiger partial charge is 0.423 e. The van der Waals surface area contributed by atoms with Crippen molar-refractivity contribution in [1.82, 2.24) is 0 Å². The molecule has 42 heavy (non-hydrogen) atoms. The van der Waals surface area contributed by atoms with Gasteiger partial charge < -0.3 is 10.0 Å². The van der Waals surface area contributed by atoms with E-state index in [0.29, 0.717) is 0 Å². The maximum Gasteiger partial charge on any atom is 0.489 e. The molecule has 0 saturated carbocycles. The highest BCUT2D eigenvalue weighted by molar-refractivity contribution is 6.78. The third-order valence-electron chi connectivity index (χ3n) is 7.89. The lowest BCUT2D eigenvalue weighted by Crippen LogP contribution is -2.54. The van der Waals surface area contributed by atoms with Crippen LogP contribution in [0.15, 0.2) is 0 Å². The van der Waals surface area contributed by atoms with E-state index < -0.39 is 7.12 Å². The van der Waals surface area contributed by atoms with Gasteiger partial charge in [-0.15, -0.1) is 38.2 Å². The second-order valence-electron chi connectivity index (χ2n) is 9.99. The topological polar surface area (TPSA) is 40.5 Å². The zero-order chi connectivity index (χ0) is 31.4. The summed E-state index contributed by atoms with van der Waals surface area (Å²) in [5, 5.41) is 21.5. The first-order valence-electron chi connectivity index (χ1n) is 12.1. The van der Waals surface area contributed by atoms with Crippen LogP contribution < -0.4 is 87.4 Å². The van der Waals surface area contributed by atoms with Gasteiger partial charge >= 0.3 is 7.12 Å². The lowest BCUT2D eigenvalue weighted by atomic mass is 9.55. The molecule has 0 unspecified atom stereocenters. The molecule has 0 atom stereocenters. The van der Waals surface area contributed by atoms with E-state index in [-0.39, 0.29) is 131 Å². The Kier molecular flexibility index (Phi) is 7.80. The number of benzene rings is 5. The first kappa shape index (κ1) is 31.3. The summed E-state index contributed by atoms with van der Waals surface area (Å²) in [7, 11) is 93.5. The summed E-state index contributed by atoms with van der Waals surface area (Å²) in [6.45, 7) is 0. The molecule has 18 heteroatoms. The number of hydrogen-bond donors (Lipinski definition) is 2. The summed E-state index contributed by atoms with van der Waals surface area (Å²) >= 11 is 0. The van der Waals surface area contributed by atoms with E-state index >= 15 is 0 Å². The largest absolute Gasteiger partial charge is 0.489 e. The zero-order valence-corrected chi connectivity index (χ0v) is 22.1. The zero-order valence-electron chi connectivity index (χ0n) is 22.1. The van der Waals surface area contributed by atoms with Crippen molar-refractivity contribution in [2.45, 2.75) is 0 Å². The summed E-state index contributed by atoms with van der Waals surface area (Å²) in [4.78, 5) is 0. The van der Waals surface area contributed by atoms with Gasteiger partial charge in [0.1, 0.15) is 118 Å². The van der Waals surface area contributed by atoms with Gasteiger partial charge in [-0.05, 0) is 48.9 Å². The molecule has 30 radical (unpaired) electrons. The van der Waals surface area contributed by atoms with Gasteiger partial charge in [0, 0.05) is 0 Å². The van der Waals surface area contributed by atoms with Crippen LogP contribution in [0.4, 0.5) is 0 Å². The molecule has 0 heterocycles. The van der Waals surface area contributed by atoms with E-state index in [1.807, 2.05) is 0 Å². The monoisotopic (exact) mass is 498 g/mol. The van der Waals surface area contributed by atoms with E-state index in [1.54, 1.807) is 0 Å². The summed E-state index contributed by atoms with van der Waals surface area (Å²) in [5.41, 5.74) is -1.73. The maximum absolute atomic E-state index is 10.7. The van der Waals surface area contributed by atoms with Crippen LogP contribution in [0, 0.1) is 0 Å². The van der Waals surface area contributed by atoms with Crippen LogP contribution in [0.2, 0.25) is 0 Å². The lowest BCUT2D eigenvalue weighted by Gasteiger charge is -2.31. The van der Waals surface area contributed by atoms with Crippen molar-refractivity contribution >= 4 is 245 Å². The van der Waals surface area contributed by atoms with Crippen LogP contribution in [-0.2, 0) is 0 Å². The van der Waals surface area contributed by atoms with Crippen molar-refractivity contribution < 1.29 is 10.0 Å². The van der Waals surface area contributed by atoms with Crippen molar-refractivity contribution in [3.8, 4) is 11.1 Å². The molecule has 0 aliphatic carbocycles. The Morgan fingerprint density at radius 2 is 0.500 bits per heavy atom. The van der Waals surface area contributed by atoms with E-state index in [1.165, 1.54) is 0 Å². The first-order valence-corrected chi connectivity index (χ1v) is 12.1. The number of fused-ring (bicyclic) bond motifs is 3. The summed E-state index contributed by atoms with van der Waals surface area (Å²) in [5.74, 6) is 0. The predicted octanol–water partition coefficient (Wildman–Crippen LogP) is -13.6. The predicted molar refractivity (Wildman–Crippen MR) is 195 cm³/mol. The standard InChI is InChI=1S/C24H2B16O2/c25-9-2(5-6(13(29)17(9)33)14(30)21(37)20(36)12(5)28)1-3-7(15(31)22(38)18(34)10(3)26)24(40(41)42)8-4(1)11(27)19(35)23(39)16(8)32/h41-42H. The van der Waals surface area contributed by atoms with Crippen molar-refractivity contribution in [3.05, 3.63) is 0 Å². The van der Waals surface area contributed by atoms with Crippen LogP contribution >= 0.6 is 0 Å². The molecule has 0 bridgehead atoms. The minimum absolute atomic E-state index is 0.0237. The Morgan fingerprint density at radius 1 is 0.262 bits per heavy atom. The van der Waals surface area contributed by atoms with E-state index in [9.17, 15) is 10.0 Å². The summed E-state index contributed by atoms with van der Waals surface area (Å²) in [6, 6.07) is 0. The van der Waals surface area contributed by atoms with Gasteiger partial charge in [0.05, 0.1) is 0 Å². The second-order valence-corrected chi connectivity index (χ2v) is 9.99. The van der Waals surface area contributed by atoms with Gasteiger partial charge in [0.2, 0.25) is 0 Å². The average molecular weight is 495 g/mol. The Bertz CT molecular complexity index is 1980. The van der Waals surface area contributed by atoms with Crippen LogP contribution in [0.1, 0.15) is 0 Å². The molecule has 2 nitrogen and oxygen atoms in total. The Balaban J connectivity index is 2.36. The summed E-state index contributed by atoms with van der Waals surface area (Å²) < 4.78 is 0. The number of hydrogen-bond acceptors (Lipinski definition) is 2. The molecule has 0 saturated heterocycles. The summed E-state index contributed by atoms with van der Waals surface area (Å²) in [6.07, 6.45) is 0. The molecule has 0 amide bonds. The molecular formula is C24H2B16O2. The van der Waals surface area contributed by atoms with E-state index in [2.05, 4.69) is 0 Å². The molecule has 158 valence electrons. The number of rotatable bonds is 2. The van der Waals surface area contributed by atoms with Crippen molar-refractivity contribution in [1.29, 1.82) is 0 Å². The highest BCUT2D eigenvalue weighted by Gasteiger charge is 2.30. The Labute approximate surface area is 264 Å². The average Bonchev–Trinajstić information content (AvgIpc) is 2.95. The van der Waals surface area contributed by atoms with E-state index in [4.69, 9.17) is 118 Å². The van der Waals surface area contributed by atoms with Crippen LogP contribution in [0.25, 0.3) is 43.4 Å². The molecule has 0 aromatic heterocycles. The highest BCUT2D eigenvalue weighted by Crippen LogP contribution is 2.34. The highest BCUT2D eigenvalue weighted by atomic mass is 16.4. The van der Waals surface area contributed by atoms with Gasteiger partial charge in [0.15, 0.2) is 0 Å². The SMILES string of the molecule is [B]c1c([B])c([B])c2c(-c3c4c([B])c([B])c([B])c([B])c4c(B(O)O)c4c([B])c([B])c([B])c([B])c34)c([B])c([B])c([B])c2c1[B]. The lowest BCUT2D eigenvalue weighted by molar-refractivity contribution is 0.426. The van der Waals surface area contributed by atoms with Gasteiger partial charge in [-0.3, -0.25) is 0 Å². The van der Waals surface area contributed by atoms with Gasteiger partial charge in [-0.1, -0.05) is 43.7 Å². The molecule has 5 aromatic rings.